The predicted molar refractivity (Wildman–Crippen MR) is 83.6 cm³/mol. The van der Waals surface area contributed by atoms with E-state index in [4.69, 9.17) is 5.73 Å². The molecule has 1 atom stereocenters. The molecule has 1 unspecified atom stereocenters. The van der Waals surface area contributed by atoms with Crippen LogP contribution in [-0.2, 0) is 5.60 Å². The molecule has 1 aromatic heterocycles. The molecule has 21 heavy (non-hydrogen) atoms. The molecule has 1 aliphatic carbocycles. The van der Waals surface area contributed by atoms with E-state index in [0.717, 1.165) is 24.8 Å². The zero-order chi connectivity index (χ0) is 15.8. The number of aliphatic hydroxyl groups is 1. The Morgan fingerprint density at radius 2 is 2.10 bits per heavy atom. The fraction of sp³-hybridized carbons (Fsp3) is 0.529. The van der Waals surface area contributed by atoms with E-state index in [-0.39, 0.29) is 0 Å². The molecule has 1 aliphatic rings. The molecule has 3 N–H and O–H groups in total. The Morgan fingerprint density at radius 1 is 1.43 bits per heavy atom. The molecule has 0 radical (unpaired) electrons. The molecule has 4 heteroatoms. The Balaban J connectivity index is 2.64. The van der Waals surface area contributed by atoms with Crippen LogP contribution in [0.1, 0.15) is 68.7 Å². The Kier molecular flexibility index (Phi) is 4.19. The summed E-state index contributed by atoms with van der Waals surface area (Å²) in [6, 6.07) is 3.35. The van der Waals surface area contributed by atoms with Gasteiger partial charge < -0.3 is 10.8 Å². The van der Waals surface area contributed by atoms with Crippen molar-refractivity contribution in [1.82, 2.24) is 4.98 Å². The number of pyridine rings is 1. The first-order valence-electron chi connectivity index (χ1n) is 7.45. The van der Waals surface area contributed by atoms with E-state index in [0.29, 0.717) is 22.9 Å². The molecule has 0 saturated heterocycles. The third-order valence-corrected chi connectivity index (χ3v) is 4.35. The summed E-state index contributed by atoms with van der Waals surface area (Å²) in [5.74, 6) is 0.0143. The smallest absolute Gasteiger partial charge is 0.250 e. The van der Waals surface area contributed by atoms with Gasteiger partial charge >= 0.3 is 0 Å². The zero-order valence-electron chi connectivity index (χ0n) is 13.2. The van der Waals surface area contributed by atoms with Crippen LogP contribution >= 0.6 is 0 Å². The fourth-order valence-corrected chi connectivity index (χ4v) is 2.83. The van der Waals surface area contributed by atoms with Gasteiger partial charge in [0.1, 0.15) is 5.60 Å². The second-order valence-electron chi connectivity index (χ2n) is 6.47. The molecule has 0 spiro atoms. The molecular weight excluding hydrogens is 264 g/mol. The van der Waals surface area contributed by atoms with Crippen LogP contribution in [0.2, 0.25) is 0 Å². The lowest BCUT2D eigenvalue weighted by molar-refractivity contribution is 0.0736. The summed E-state index contributed by atoms with van der Waals surface area (Å²) in [6.45, 7) is 7.67. The van der Waals surface area contributed by atoms with Crippen LogP contribution in [-0.4, -0.2) is 16.0 Å². The van der Waals surface area contributed by atoms with Crippen LogP contribution < -0.4 is 5.73 Å². The topological polar surface area (TPSA) is 76.2 Å². The van der Waals surface area contributed by atoms with Crippen LogP contribution in [0.15, 0.2) is 17.7 Å². The van der Waals surface area contributed by atoms with Gasteiger partial charge in [-0.05, 0) is 63.7 Å². The molecule has 2 rings (SSSR count). The van der Waals surface area contributed by atoms with Crippen LogP contribution in [0.3, 0.4) is 0 Å². The Bertz CT molecular complexity index is 597. The van der Waals surface area contributed by atoms with E-state index in [2.05, 4.69) is 18.8 Å². The second kappa shape index (κ2) is 5.60. The first-order chi connectivity index (χ1) is 9.71. The van der Waals surface area contributed by atoms with Crippen molar-refractivity contribution < 1.29 is 9.90 Å². The van der Waals surface area contributed by atoms with Crippen molar-refractivity contribution in [3.05, 3.63) is 34.7 Å². The first-order valence-corrected chi connectivity index (χ1v) is 7.45. The number of aromatic nitrogens is 1. The largest absolute Gasteiger partial charge is 0.384 e. The normalized spacial score (nSPS) is 19.8. The van der Waals surface area contributed by atoms with Gasteiger partial charge in [0, 0.05) is 0 Å². The standard InChI is InChI=1S/C17H24N2O2/c1-10-6-5-7-12(11(10)2)15-13(16(18)20)8-9-14(19-15)17(3,4)21/h8-10,21H,5-7H2,1-4H3,(H2,18,20). The number of hydrogen-bond donors (Lipinski definition) is 2. The average Bonchev–Trinajstić information content (AvgIpc) is 2.40. The Morgan fingerprint density at radius 3 is 2.67 bits per heavy atom. The Hall–Kier alpha value is -1.68. The third-order valence-electron chi connectivity index (χ3n) is 4.35. The van der Waals surface area contributed by atoms with Gasteiger partial charge in [0.15, 0.2) is 0 Å². The van der Waals surface area contributed by atoms with Gasteiger partial charge in [-0.2, -0.15) is 0 Å². The number of amides is 1. The number of nitrogens with zero attached hydrogens (tertiary/aromatic N) is 1. The molecule has 0 aromatic carbocycles. The van der Waals surface area contributed by atoms with Crippen molar-refractivity contribution in [2.45, 2.75) is 52.6 Å². The SMILES string of the molecule is CC1=C(c2nc(C(C)(C)O)ccc2C(N)=O)CCCC1C. The van der Waals surface area contributed by atoms with Crippen molar-refractivity contribution in [1.29, 1.82) is 0 Å². The zero-order valence-corrected chi connectivity index (χ0v) is 13.2. The monoisotopic (exact) mass is 288 g/mol. The van der Waals surface area contributed by atoms with Gasteiger partial charge in [-0.25, -0.2) is 4.98 Å². The van der Waals surface area contributed by atoms with Crippen molar-refractivity contribution in [2.24, 2.45) is 11.7 Å². The fourth-order valence-electron chi connectivity index (χ4n) is 2.83. The lowest BCUT2D eigenvalue weighted by Crippen LogP contribution is -2.22. The molecule has 0 aliphatic heterocycles. The summed E-state index contributed by atoms with van der Waals surface area (Å²) in [5.41, 5.74) is 8.47. The quantitative estimate of drug-likeness (QED) is 0.897. The lowest BCUT2D eigenvalue weighted by Gasteiger charge is -2.26. The van der Waals surface area contributed by atoms with E-state index in [1.807, 2.05) is 0 Å². The van der Waals surface area contributed by atoms with Gasteiger partial charge in [-0.3, -0.25) is 4.79 Å². The number of primary amides is 1. The van der Waals surface area contributed by atoms with Crippen molar-refractivity contribution >= 4 is 11.5 Å². The molecule has 0 bridgehead atoms. The third kappa shape index (κ3) is 3.16. The van der Waals surface area contributed by atoms with Crippen molar-refractivity contribution in [2.75, 3.05) is 0 Å². The van der Waals surface area contributed by atoms with Crippen LogP contribution in [0, 0.1) is 5.92 Å². The minimum atomic E-state index is -1.04. The van der Waals surface area contributed by atoms with Gasteiger partial charge in [-0.1, -0.05) is 12.5 Å². The highest BCUT2D eigenvalue weighted by Gasteiger charge is 2.25. The summed E-state index contributed by atoms with van der Waals surface area (Å²) in [7, 11) is 0. The van der Waals surface area contributed by atoms with Crippen LogP contribution in [0.5, 0.6) is 0 Å². The highest BCUT2D eigenvalue weighted by molar-refractivity contribution is 5.97. The molecule has 114 valence electrons. The van der Waals surface area contributed by atoms with Gasteiger partial charge in [0.05, 0.1) is 17.0 Å². The number of hydrogen-bond acceptors (Lipinski definition) is 3. The van der Waals surface area contributed by atoms with Crippen molar-refractivity contribution in [3.8, 4) is 0 Å². The van der Waals surface area contributed by atoms with E-state index in [1.54, 1.807) is 26.0 Å². The maximum absolute atomic E-state index is 11.7. The molecule has 1 amide bonds. The number of nitrogens with two attached hydrogens (primary N) is 1. The number of carbonyl (C=O) groups excluding carboxylic acids is 1. The van der Waals surface area contributed by atoms with E-state index >= 15 is 0 Å². The summed E-state index contributed by atoms with van der Waals surface area (Å²) in [6.07, 6.45) is 3.14. The highest BCUT2D eigenvalue weighted by Crippen LogP contribution is 2.36. The summed E-state index contributed by atoms with van der Waals surface area (Å²) >= 11 is 0. The first kappa shape index (κ1) is 15.7. The Labute approximate surface area is 126 Å². The predicted octanol–water partition coefficient (Wildman–Crippen LogP) is 3.00. The summed E-state index contributed by atoms with van der Waals surface area (Å²) in [5, 5.41) is 10.2. The molecule has 0 fully saturated rings. The number of carbonyl (C=O) groups is 1. The molecular formula is C17H24N2O2. The van der Waals surface area contributed by atoms with Crippen molar-refractivity contribution in [3.63, 3.8) is 0 Å². The molecule has 4 nitrogen and oxygen atoms in total. The van der Waals surface area contributed by atoms with Crippen LogP contribution in [0.4, 0.5) is 0 Å². The lowest BCUT2D eigenvalue weighted by atomic mass is 9.82. The maximum atomic E-state index is 11.7. The number of allylic oxidation sites excluding steroid dienone is 2. The minimum absolute atomic E-state index is 0.437. The molecule has 1 heterocycles. The average molecular weight is 288 g/mol. The van der Waals surface area contributed by atoms with E-state index in [9.17, 15) is 9.90 Å². The van der Waals surface area contributed by atoms with Crippen LogP contribution in [0.25, 0.3) is 5.57 Å². The van der Waals surface area contributed by atoms with E-state index in [1.165, 1.54) is 5.57 Å². The number of rotatable bonds is 3. The van der Waals surface area contributed by atoms with Gasteiger partial charge in [0.2, 0.25) is 0 Å². The minimum Gasteiger partial charge on any atom is -0.384 e. The molecule has 1 aromatic rings. The second-order valence-corrected chi connectivity index (χ2v) is 6.47. The van der Waals surface area contributed by atoms with Gasteiger partial charge in [0.25, 0.3) is 5.91 Å². The summed E-state index contributed by atoms with van der Waals surface area (Å²) in [4.78, 5) is 16.3. The summed E-state index contributed by atoms with van der Waals surface area (Å²) < 4.78 is 0. The highest BCUT2D eigenvalue weighted by atomic mass is 16.3. The molecule has 0 saturated carbocycles. The maximum Gasteiger partial charge on any atom is 0.250 e. The van der Waals surface area contributed by atoms with E-state index < -0.39 is 11.5 Å². The van der Waals surface area contributed by atoms with Gasteiger partial charge in [-0.15, -0.1) is 0 Å².